The molecule has 1 aliphatic rings. The fourth-order valence-electron chi connectivity index (χ4n) is 3.24. The average molecular weight is 298 g/mol. The van der Waals surface area contributed by atoms with Crippen LogP contribution in [0.2, 0.25) is 5.02 Å². The highest BCUT2D eigenvalue weighted by Gasteiger charge is 2.31. The van der Waals surface area contributed by atoms with Gasteiger partial charge in [-0.3, -0.25) is 0 Å². The van der Waals surface area contributed by atoms with Crippen LogP contribution in [0.1, 0.15) is 37.7 Å². The Morgan fingerprint density at radius 3 is 2.63 bits per heavy atom. The maximum Gasteiger partial charge on any atom is 0.0409 e. The highest BCUT2D eigenvalue weighted by Crippen LogP contribution is 2.38. The lowest BCUT2D eigenvalue weighted by atomic mass is 9.75. The van der Waals surface area contributed by atoms with Gasteiger partial charge < -0.3 is 4.90 Å². The summed E-state index contributed by atoms with van der Waals surface area (Å²) < 4.78 is 0. The second kappa shape index (κ2) is 7.01. The van der Waals surface area contributed by atoms with Crippen molar-refractivity contribution < 1.29 is 0 Å². The molecule has 1 saturated carbocycles. The molecule has 0 atom stereocenters. The Bertz CT molecular complexity index is 401. The normalized spacial score (nSPS) is 18.7. The van der Waals surface area contributed by atoms with Crippen LogP contribution in [0.4, 0.5) is 0 Å². The fraction of sp³-hybridized carbons (Fsp3) is 0.625. The van der Waals surface area contributed by atoms with Crippen LogP contribution < -0.4 is 0 Å². The molecule has 0 spiro atoms. The van der Waals surface area contributed by atoms with Gasteiger partial charge in [0.15, 0.2) is 0 Å². The number of nitrogens with zero attached hydrogens (tertiary/aromatic N) is 1. The minimum atomic E-state index is 0.425. The summed E-state index contributed by atoms with van der Waals surface area (Å²) in [6.45, 7) is 2.11. The Morgan fingerprint density at radius 2 is 2.00 bits per heavy atom. The highest BCUT2D eigenvalue weighted by molar-refractivity contribution is 7.80. The largest absolute Gasteiger partial charge is 0.302 e. The van der Waals surface area contributed by atoms with E-state index in [4.69, 9.17) is 11.6 Å². The van der Waals surface area contributed by atoms with Gasteiger partial charge in [-0.15, -0.1) is 0 Å². The first-order valence-electron chi connectivity index (χ1n) is 7.17. The van der Waals surface area contributed by atoms with Crippen molar-refractivity contribution in [3.05, 3.63) is 34.9 Å². The van der Waals surface area contributed by atoms with E-state index in [-0.39, 0.29) is 0 Å². The van der Waals surface area contributed by atoms with Gasteiger partial charge in [0.1, 0.15) is 0 Å². The van der Waals surface area contributed by atoms with Crippen LogP contribution in [-0.2, 0) is 6.54 Å². The zero-order chi connectivity index (χ0) is 13.7. The summed E-state index contributed by atoms with van der Waals surface area (Å²) in [7, 11) is 2.21. The standard InChI is InChI=1S/C16H24ClNS/c1-18(11-14-6-5-7-15(17)10-14)12-16(13-19)8-3-2-4-9-16/h5-7,10,19H,2-4,8-9,11-13H2,1H3. The molecule has 0 aromatic heterocycles. The number of halogens is 1. The van der Waals surface area contributed by atoms with E-state index >= 15 is 0 Å². The van der Waals surface area contributed by atoms with E-state index in [9.17, 15) is 0 Å². The monoisotopic (exact) mass is 297 g/mol. The molecule has 1 aliphatic carbocycles. The molecule has 3 heteroatoms. The zero-order valence-electron chi connectivity index (χ0n) is 11.7. The van der Waals surface area contributed by atoms with Gasteiger partial charge in [-0.25, -0.2) is 0 Å². The van der Waals surface area contributed by atoms with Crippen LogP contribution in [-0.4, -0.2) is 24.2 Å². The molecule has 0 amide bonds. The van der Waals surface area contributed by atoms with Gasteiger partial charge in [0, 0.05) is 18.1 Å². The second-order valence-electron chi connectivity index (χ2n) is 6.02. The van der Waals surface area contributed by atoms with Gasteiger partial charge in [-0.2, -0.15) is 12.6 Å². The molecule has 1 fully saturated rings. The Kier molecular flexibility index (Phi) is 5.61. The van der Waals surface area contributed by atoms with Crippen molar-refractivity contribution in [2.24, 2.45) is 5.41 Å². The molecule has 0 heterocycles. The molecule has 1 aromatic carbocycles. The van der Waals surface area contributed by atoms with Crippen molar-refractivity contribution in [3.63, 3.8) is 0 Å². The zero-order valence-corrected chi connectivity index (χ0v) is 13.4. The van der Waals surface area contributed by atoms with Crippen molar-refractivity contribution in [1.29, 1.82) is 0 Å². The van der Waals surface area contributed by atoms with Gasteiger partial charge in [0.25, 0.3) is 0 Å². The molecule has 0 saturated heterocycles. The number of thiol groups is 1. The van der Waals surface area contributed by atoms with E-state index in [1.165, 1.54) is 37.7 Å². The van der Waals surface area contributed by atoms with Crippen molar-refractivity contribution in [3.8, 4) is 0 Å². The lowest BCUT2D eigenvalue weighted by molar-refractivity contribution is 0.140. The predicted octanol–water partition coefficient (Wildman–Crippen LogP) is 4.65. The molecule has 19 heavy (non-hydrogen) atoms. The van der Waals surface area contributed by atoms with Crippen molar-refractivity contribution in [2.45, 2.75) is 38.6 Å². The van der Waals surface area contributed by atoms with Crippen molar-refractivity contribution in [2.75, 3.05) is 19.3 Å². The van der Waals surface area contributed by atoms with E-state index in [0.717, 1.165) is 23.9 Å². The Balaban J connectivity index is 1.94. The summed E-state index contributed by atoms with van der Waals surface area (Å²) in [5.41, 5.74) is 1.72. The number of hydrogen-bond donors (Lipinski definition) is 1. The summed E-state index contributed by atoms with van der Waals surface area (Å²) in [6, 6.07) is 8.17. The maximum atomic E-state index is 6.04. The van der Waals surface area contributed by atoms with Crippen molar-refractivity contribution >= 4 is 24.2 Å². The molecular weight excluding hydrogens is 274 g/mol. The molecule has 0 unspecified atom stereocenters. The molecule has 0 bridgehead atoms. The smallest absolute Gasteiger partial charge is 0.0409 e. The van der Waals surface area contributed by atoms with Crippen LogP contribution in [0.5, 0.6) is 0 Å². The first-order valence-corrected chi connectivity index (χ1v) is 8.18. The average Bonchev–Trinajstić information content (AvgIpc) is 2.39. The molecule has 2 rings (SSSR count). The summed E-state index contributed by atoms with van der Waals surface area (Å²) in [4.78, 5) is 2.42. The topological polar surface area (TPSA) is 3.24 Å². The Hall–Kier alpha value is -0.180. The molecule has 0 radical (unpaired) electrons. The fourth-order valence-corrected chi connectivity index (χ4v) is 3.87. The summed E-state index contributed by atoms with van der Waals surface area (Å²) in [5, 5.41) is 0.826. The van der Waals surface area contributed by atoms with Crippen LogP contribution in [0.15, 0.2) is 24.3 Å². The van der Waals surface area contributed by atoms with E-state index in [1.54, 1.807) is 0 Å². The van der Waals surface area contributed by atoms with Crippen LogP contribution in [0.3, 0.4) is 0 Å². The highest BCUT2D eigenvalue weighted by atomic mass is 35.5. The first-order chi connectivity index (χ1) is 9.13. The van der Waals surface area contributed by atoms with Crippen LogP contribution >= 0.6 is 24.2 Å². The van der Waals surface area contributed by atoms with Crippen molar-refractivity contribution in [1.82, 2.24) is 4.90 Å². The Morgan fingerprint density at radius 1 is 1.26 bits per heavy atom. The van der Waals surface area contributed by atoms with Crippen LogP contribution in [0.25, 0.3) is 0 Å². The van der Waals surface area contributed by atoms with Crippen LogP contribution in [0, 0.1) is 5.41 Å². The molecule has 0 aliphatic heterocycles. The van der Waals surface area contributed by atoms with Gasteiger partial charge in [-0.05, 0) is 48.8 Å². The van der Waals surface area contributed by atoms with E-state index in [1.807, 2.05) is 12.1 Å². The second-order valence-corrected chi connectivity index (χ2v) is 6.77. The maximum absolute atomic E-state index is 6.04. The van der Waals surface area contributed by atoms with Gasteiger partial charge in [0.05, 0.1) is 0 Å². The number of benzene rings is 1. The SMILES string of the molecule is CN(Cc1cccc(Cl)c1)CC1(CS)CCCCC1. The van der Waals surface area contributed by atoms with Gasteiger partial charge in [0.2, 0.25) is 0 Å². The summed E-state index contributed by atoms with van der Waals surface area (Å²) >= 11 is 10.7. The van der Waals surface area contributed by atoms with E-state index in [0.29, 0.717) is 5.41 Å². The molecule has 106 valence electrons. The predicted molar refractivity (Wildman–Crippen MR) is 87.2 cm³/mol. The number of hydrogen-bond acceptors (Lipinski definition) is 2. The minimum Gasteiger partial charge on any atom is -0.302 e. The molecule has 0 N–H and O–H groups in total. The van der Waals surface area contributed by atoms with E-state index in [2.05, 4.69) is 36.7 Å². The number of rotatable bonds is 5. The summed E-state index contributed by atoms with van der Waals surface area (Å²) in [5.74, 6) is 1.01. The first kappa shape index (κ1) is 15.2. The summed E-state index contributed by atoms with van der Waals surface area (Å²) in [6.07, 6.45) is 6.79. The molecular formula is C16H24ClNS. The quantitative estimate of drug-likeness (QED) is 0.774. The lowest BCUT2D eigenvalue weighted by Crippen LogP contribution is -2.38. The third-order valence-corrected chi connectivity index (χ3v) is 5.10. The van der Waals surface area contributed by atoms with Gasteiger partial charge in [-0.1, -0.05) is 43.0 Å². The Labute approximate surface area is 127 Å². The van der Waals surface area contributed by atoms with E-state index < -0.39 is 0 Å². The lowest BCUT2D eigenvalue weighted by Gasteiger charge is -2.39. The molecule has 1 nitrogen and oxygen atoms in total. The van der Waals surface area contributed by atoms with Gasteiger partial charge >= 0.3 is 0 Å². The third-order valence-electron chi connectivity index (χ3n) is 4.20. The molecule has 1 aromatic rings. The third kappa shape index (κ3) is 4.40. The minimum absolute atomic E-state index is 0.425.